The highest BCUT2D eigenvalue weighted by Crippen LogP contribution is 2.62. The summed E-state index contributed by atoms with van der Waals surface area (Å²) in [5, 5.41) is 7.50. The Morgan fingerprint density at radius 1 is 0.383 bits per heavy atom. The van der Waals surface area contributed by atoms with Crippen molar-refractivity contribution in [1.29, 1.82) is 5.41 Å². The Balaban J connectivity index is 1.05. The predicted molar refractivity (Wildman–Crippen MR) is 242 cm³/mol. The number of rotatable bonds is 7. The van der Waals surface area contributed by atoms with Crippen LogP contribution in [0.2, 0.25) is 0 Å². The summed E-state index contributed by atoms with van der Waals surface area (Å²) < 4.78 is 6.87. The van der Waals surface area contributed by atoms with Crippen LogP contribution < -0.4 is 4.74 Å². The molecule has 11 rings (SSSR count). The van der Waals surface area contributed by atoms with Gasteiger partial charge in [0.1, 0.15) is 11.5 Å². The highest BCUT2D eigenvalue weighted by Gasteiger charge is 2.51. The van der Waals surface area contributed by atoms with E-state index in [0.717, 1.165) is 67.1 Å². The molecule has 0 bridgehead atoms. The van der Waals surface area contributed by atoms with Crippen molar-refractivity contribution >= 4 is 12.3 Å². The first-order valence-corrected chi connectivity index (χ1v) is 20.1. The molecule has 282 valence electrons. The van der Waals surface area contributed by atoms with E-state index in [9.17, 15) is 0 Å². The number of nitrogens with zero attached hydrogens (tertiary/aromatic N) is 3. The van der Waals surface area contributed by atoms with Crippen LogP contribution in [-0.4, -0.2) is 21.2 Å². The number of nitrogens with one attached hydrogen (secondary N) is 1. The summed E-state index contributed by atoms with van der Waals surface area (Å²) in [5.41, 5.74) is 14.7. The molecule has 1 N–H and O–H groups in total. The van der Waals surface area contributed by atoms with Crippen LogP contribution in [0.1, 0.15) is 27.8 Å². The van der Waals surface area contributed by atoms with Crippen LogP contribution in [0.15, 0.2) is 200 Å². The van der Waals surface area contributed by atoms with Gasteiger partial charge < -0.3 is 10.1 Å². The molecule has 5 nitrogen and oxygen atoms in total. The van der Waals surface area contributed by atoms with E-state index in [2.05, 4.69) is 133 Å². The zero-order valence-corrected chi connectivity index (χ0v) is 32.5. The Labute approximate surface area is 348 Å². The zero-order valence-electron chi connectivity index (χ0n) is 32.5. The summed E-state index contributed by atoms with van der Waals surface area (Å²) in [6.45, 7) is 0. The van der Waals surface area contributed by atoms with Gasteiger partial charge in [0, 0.05) is 34.0 Å². The molecule has 0 fully saturated rings. The Morgan fingerprint density at radius 3 is 1.37 bits per heavy atom. The highest BCUT2D eigenvalue weighted by atomic mass is 16.5. The summed E-state index contributed by atoms with van der Waals surface area (Å²) in [6.07, 6.45) is 5.02. The van der Waals surface area contributed by atoms with Crippen LogP contribution in [0.3, 0.4) is 0 Å². The van der Waals surface area contributed by atoms with E-state index in [4.69, 9.17) is 25.1 Å². The number of fused-ring (bicyclic) bond motifs is 9. The minimum Gasteiger partial charge on any atom is -0.457 e. The molecule has 2 heterocycles. The molecule has 0 amide bonds. The molecule has 2 aliphatic rings. The smallest absolute Gasteiger partial charge is 0.164 e. The van der Waals surface area contributed by atoms with Crippen molar-refractivity contribution < 1.29 is 4.74 Å². The van der Waals surface area contributed by atoms with Crippen molar-refractivity contribution in [2.75, 3.05) is 0 Å². The van der Waals surface area contributed by atoms with E-state index in [1.807, 2.05) is 66.7 Å². The van der Waals surface area contributed by atoms with Crippen LogP contribution in [0.5, 0.6) is 11.5 Å². The van der Waals surface area contributed by atoms with E-state index >= 15 is 0 Å². The molecule has 0 atom stereocenters. The van der Waals surface area contributed by atoms with Crippen molar-refractivity contribution in [3.8, 4) is 79.0 Å². The molecule has 60 heavy (non-hydrogen) atoms. The van der Waals surface area contributed by atoms with E-state index in [1.165, 1.54) is 28.5 Å². The lowest BCUT2D eigenvalue weighted by Crippen LogP contribution is -2.32. The van der Waals surface area contributed by atoms with Gasteiger partial charge in [-0.05, 0) is 86.5 Å². The Morgan fingerprint density at radius 2 is 0.817 bits per heavy atom. The Kier molecular flexibility index (Phi) is 8.45. The van der Waals surface area contributed by atoms with Crippen molar-refractivity contribution in [2.45, 2.75) is 5.41 Å². The molecule has 0 saturated heterocycles. The van der Waals surface area contributed by atoms with E-state index < -0.39 is 5.41 Å². The average molecular weight is 769 g/mol. The summed E-state index contributed by atoms with van der Waals surface area (Å²) in [7, 11) is 0. The van der Waals surface area contributed by atoms with Gasteiger partial charge in [-0.25, -0.2) is 15.0 Å². The first kappa shape index (κ1) is 35.2. The molecule has 0 radical (unpaired) electrons. The minimum atomic E-state index is -0.633. The van der Waals surface area contributed by atoms with Crippen molar-refractivity contribution in [3.63, 3.8) is 0 Å². The normalized spacial score (nSPS) is 12.9. The van der Waals surface area contributed by atoms with Gasteiger partial charge in [0.2, 0.25) is 0 Å². The van der Waals surface area contributed by atoms with Crippen LogP contribution in [-0.2, 0) is 5.41 Å². The number of allylic oxidation sites excluding steroid dienone is 1. The first-order valence-electron chi connectivity index (χ1n) is 20.1. The molecule has 1 aromatic heterocycles. The van der Waals surface area contributed by atoms with Crippen molar-refractivity contribution in [1.82, 2.24) is 15.0 Å². The standard InChI is InChI=1S/C55H36N4O/c56-32-12-14-36-13-11-19-41(33-36)43-29-31-51-49(35-43)55(46-22-9-7-20-44(46)45-21-8-10-23-47(45)55)48-34-42(28-30-50(48)60-51)37-24-26-40(27-25-37)54-58-52(38-15-3-1-4-16-38)57-53(59-54)39-17-5-2-6-18-39/h1-35,56H/b14-12-,56-32?. The second-order valence-corrected chi connectivity index (χ2v) is 15.1. The molecule has 0 saturated carbocycles. The second kappa shape index (κ2) is 14.4. The molecule has 0 unspecified atom stereocenters. The summed E-state index contributed by atoms with van der Waals surface area (Å²) in [6, 6.07) is 67.9. The van der Waals surface area contributed by atoms with Gasteiger partial charge in [-0.2, -0.15) is 0 Å². The Hall–Kier alpha value is -8.02. The van der Waals surface area contributed by atoms with Crippen molar-refractivity contribution in [2.24, 2.45) is 0 Å². The van der Waals surface area contributed by atoms with Gasteiger partial charge in [-0.15, -0.1) is 0 Å². The maximum atomic E-state index is 7.50. The van der Waals surface area contributed by atoms with Gasteiger partial charge in [-0.3, -0.25) is 0 Å². The van der Waals surface area contributed by atoms with E-state index in [0.29, 0.717) is 17.5 Å². The van der Waals surface area contributed by atoms with Gasteiger partial charge in [0.05, 0.1) is 5.41 Å². The lowest BCUT2D eigenvalue weighted by molar-refractivity contribution is 0.436. The van der Waals surface area contributed by atoms with Crippen LogP contribution >= 0.6 is 0 Å². The molecule has 5 heteroatoms. The van der Waals surface area contributed by atoms with Gasteiger partial charge in [-0.1, -0.05) is 170 Å². The van der Waals surface area contributed by atoms with E-state index in [1.54, 1.807) is 6.08 Å². The fourth-order valence-electron chi connectivity index (χ4n) is 8.99. The van der Waals surface area contributed by atoms with Gasteiger partial charge >= 0.3 is 0 Å². The fourth-order valence-corrected chi connectivity index (χ4v) is 8.99. The number of ether oxygens (including phenoxy) is 1. The topological polar surface area (TPSA) is 71.8 Å². The summed E-state index contributed by atoms with van der Waals surface area (Å²) in [4.78, 5) is 14.8. The lowest BCUT2D eigenvalue weighted by atomic mass is 9.65. The summed E-state index contributed by atoms with van der Waals surface area (Å²) >= 11 is 0. The van der Waals surface area contributed by atoms with E-state index in [-0.39, 0.29) is 0 Å². The van der Waals surface area contributed by atoms with Crippen LogP contribution in [0.25, 0.3) is 73.6 Å². The second-order valence-electron chi connectivity index (χ2n) is 15.1. The first-order chi connectivity index (χ1) is 29.7. The zero-order chi connectivity index (χ0) is 40.0. The third-order valence-corrected chi connectivity index (χ3v) is 11.7. The Bertz CT molecular complexity index is 3030. The molecular formula is C55H36N4O. The fraction of sp³-hybridized carbons (Fsp3) is 0.0182. The SMILES string of the molecule is N=C/C=C\c1cccc(-c2ccc3c(c2)C2(c4cc(-c5ccc(-c6nc(-c7ccccc7)nc(-c7ccccc7)n6)cc5)ccc4O3)c3ccccc3-c3ccccc32)c1. The minimum absolute atomic E-state index is 0.620. The molecule has 1 aliphatic carbocycles. The largest absolute Gasteiger partial charge is 0.457 e. The maximum Gasteiger partial charge on any atom is 0.164 e. The van der Waals surface area contributed by atoms with Gasteiger partial charge in [0.15, 0.2) is 17.5 Å². The number of hydrogen-bond donors (Lipinski definition) is 1. The predicted octanol–water partition coefficient (Wildman–Crippen LogP) is 13.3. The third kappa shape index (κ3) is 5.78. The monoisotopic (exact) mass is 768 g/mol. The molecule has 9 aromatic rings. The van der Waals surface area contributed by atoms with Crippen LogP contribution in [0.4, 0.5) is 0 Å². The molecule has 1 aliphatic heterocycles. The quantitative estimate of drug-likeness (QED) is 0.164. The van der Waals surface area contributed by atoms with Crippen LogP contribution in [0, 0.1) is 5.41 Å². The number of aromatic nitrogens is 3. The van der Waals surface area contributed by atoms with Crippen molar-refractivity contribution in [3.05, 3.63) is 228 Å². The molecule has 1 spiro atoms. The maximum absolute atomic E-state index is 7.50. The third-order valence-electron chi connectivity index (χ3n) is 11.7. The molecule has 8 aromatic carbocycles. The van der Waals surface area contributed by atoms with Gasteiger partial charge in [0.25, 0.3) is 0 Å². The highest BCUT2D eigenvalue weighted by molar-refractivity contribution is 5.90. The molecular weight excluding hydrogens is 733 g/mol. The summed E-state index contributed by atoms with van der Waals surface area (Å²) in [5.74, 6) is 3.58. The average Bonchev–Trinajstić information content (AvgIpc) is 3.62. The lowest BCUT2D eigenvalue weighted by Gasteiger charge is -2.40. The number of benzene rings is 8. The number of hydrogen-bond acceptors (Lipinski definition) is 5.